The number of nitrogens with one attached hydrogen (secondary N) is 1. The summed E-state index contributed by atoms with van der Waals surface area (Å²) in [5.41, 5.74) is 2.06. The monoisotopic (exact) mass is 374 g/mol. The maximum absolute atomic E-state index is 11.9. The summed E-state index contributed by atoms with van der Waals surface area (Å²) in [7, 11) is 0. The second-order valence-corrected chi connectivity index (χ2v) is 6.30. The third-order valence-corrected chi connectivity index (χ3v) is 4.22. The fourth-order valence-electron chi connectivity index (χ4n) is 2.49. The molecule has 3 rings (SSSR count). The Morgan fingerprint density at radius 3 is 2.80 bits per heavy atom. The predicted octanol–water partition coefficient (Wildman–Crippen LogP) is 4.28. The van der Waals surface area contributed by atoms with Crippen LogP contribution in [0.1, 0.15) is 5.56 Å². The average molecular weight is 375 g/mol. The van der Waals surface area contributed by atoms with Crippen LogP contribution in [-0.2, 0) is 11.2 Å². The van der Waals surface area contributed by atoms with E-state index in [9.17, 15) is 4.79 Å². The predicted molar refractivity (Wildman–Crippen MR) is 100 cm³/mol. The van der Waals surface area contributed by atoms with Gasteiger partial charge in [0.05, 0.1) is 10.5 Å². The van der Waals surface area contributed by atoms with E-state index in [1.807, 2.05) is 30.3 Å². The molecular weight excluding hydrogens is 359 g/mol. The first-order valence-corrected chi connectivity index (χ1v) is 8.56. The Hall–Kier alpha value is -2.30. The first-order chi connectivity index (χ1) is 12.1. The minimum Gasteiger partial charge on any atom is -0.482 e. The molecule has 0 spiro atoms. The van der Waals surface area contributed by atoms with Gasteiger partial charge in [-0.05, 0) is 36.2 Å². The number of hydrogen-bond acceptors (Lipinski definition) is 3. The number of hydrogen-bond donors (Lipinski definition) is 1. The normalized spacial score (nSPS) is 10.6. The Balaban J connectivity index is 1.51. The lowest BCUT2D eigenvalue weighted by Gasteiger charge is -2.10. The maximum Gasteiger partial charge on any atom is 0.257 e. The molecule has 0 saturated carbocycles. The highest BCUT2D eigenvalue weighted by Gasteiger charge is 2.07. The number of amides is 1. The minimum absolute atomic E-state index is 0.102. The number of nitrogens with zero attached hydrogens (tertiary/aromatic N) is 1. The average Bonchev–Trinajstić information content (AvgIpc) is 2.61. The molecule has 0 aliphatic heterocycles. The number of rotatable bonds is 6. The van der Waals surface area contributed by atoms with Crippen molar-refractivity contribution in [3.05, 3.63) is 70.3 Å². The fourth-order valence-corrected chi connectivity index (χ4v) is 2.96. The van der Waals surface area contributed by atoms with E-state index in [1.54, 1.807) is 24.4 Å². The molecule has 1 N–H and O–H groups in total. The van der Waals surface area contributed by atoms with Crippen LogP contribution in [0.5, 0.6) is 5.75 Å². The Labute approximate surface area is 155 Å². The van der Waals surface area contributed by atoms with Crippen molar-refractivity contribution in [2.24, 2.45) is 0 Å². The van der Waals surface area contributed by atoms with Crippen molar-refractivity contribution in [3.63, 3.8) is 0 Å². The van der Waals surface area contributed by atoms with Gasteiger partial charge in [-0.1, -0.05) is 47.5 Å². The molecule has 0 aliphatic rings. The number of pyridine rings is 1. The van der Waals surface area contributed by atoms with Crippen molar-refractivity contribution >= 4 is 40.0 Å². The smallest absolute Gasteiger partial charge is 0.257 e. The molecule has 1 aromatic heterocycles. The highest BCUT2D eigenvalue weighted by Crippen LogP contribution is 2.27. The van der Waals surface area contributed by atoms with Gasteiger partial charge >= 0.3 is 0 Å². The highest BCUT2D eigenvalue weighted by atomic mass is 35.5. The zero-order valence-corrected chi connectivity index (χ0v) is 14.8. The van der Waals surface area contributed by atoms with E-state index in [-0.39, 0.29) is 12.5 Å². The van der Waals surface area contributed by atoms with Gasteiger partial charge in [0.25, 0.3) is 5.91 Å². The Morgan fingerprint density at radius 2 is 1.96 bits per heavy atom. The van der Waals surface area contributed by atoms with E-state index in [4.69, 9.17) is 27.9 Å². The first-order valence-electron chi connectivity index (χ1n) is 7.80. The van der Waals surface area contributed by atoms with E-state index in [0.717, 1.165) is 16.5 Å². The summed E-state index contributed by atoms with van der Waals surface area (Å²) in [5.74, 6) is 0.221. The molecule has 2 aromatic carbocycles. The number of benzene rings is 2. The Morgan fingerprint density at radius 1 is 1.12 bits per heavy atom. The molecule has 3 aromatic rings. The van der Waals surface area contributed by atoms with E-state index >= 15 is 0 Å². The van der Waals surface area contributed by atoms with Crippen LogP contribution in [0.3, 0.4) is 0 Å². The van der Waals surface area contributed by atoms with E-state index in [1.165, 1.54) is 0 Å². The Kier molecular flexibility index (Phi) is 5.74. The molecule has 0 bridgehead atoms. The quantitative estimate of drug-likeness (QED) is 0.700. The van der Waals surface area contributed by atoms with Crippen LogP contribution in [0.4, 0.5) is 0 Å². The summed E-state index contributed by atoms with van der Waals surface area (Å²) in [5, 5.41) is 4.82. The zero-order valence-electron chi connectivity index (χ0n) is 13.3. The van der Waals surface area contributed by atoms with Gasteiger partial charge in [0.2, 0.25) is 0 Å². The van der Waals surface area contributed by atoms with Crippen LogP contribution in [0.15, 0.2) is 54.7 Å². The van der Waals surface area contributed by atoms with Crippen molar-refractivity contribution in [1.29, 1.82) is 0 Å². The fraction of sp³-hybridized carbons (Fsp3) is 0.158. The third-order valence-electron chi connectivity index (χ3n) is 3.69. The minimum atomic E-state index is -0.209. The number of carbonyl (C=O) groups excluding carboxylic acids is 1. The summed E-state index contributed by atoms with van der Waals surface area (Å²) in [6.07, 6.45) is 2.47. The van der Waals surface area contributed by atoms with Gasteiger partial charge in [-0.3, -0.25) is 9.78 Å². The summed E-state index contributed by atoms with van der Waals surface area (Å²) >= 11 is 11.8. The van der Waals surface area contributed by atoms with Gasteiger partial charge in [0.1, 0.15) is 5.75 Å². The molecule has 0 aliphatic carbocycles. The largest absolute Gasteiger partial charge is 0.482 e. The number of ether oxygens (including phenoxy) is 1. The Bertz CT molecular complexity index is 894. The SMILES string of the molecule is O=C(COc1ccc(Cl)cc1Cl)NCCc1cccc2cccnc12. The van der Waals surface area contributed by atoms with Crippen molar-refractivity contribution in [3.8, 4) is 5.75 Å². The van der Waals surface area contributed by atoms with Crippen molar-refractivity contribution < 1.29 is 9.53 Å². The number of fused-ring (bicyclic) bond motifs is 1. The third kappa shape index (κ3) is 4.62. The molecule has 25 heavy (non-hydrogen) atoms. The molecule has 1 amide bonds. The standard InChI is InChI=1S/C19H16Cl2N2O2/c20-15-6-7-17(16(21)11-15)25-12-18(24)22-10-8-14-4-1-3-13-5-2-9-23-19(13)14/h1-7,9,11H,8,10,12H2,(H,22,24). The van der Waals surface area contributed by atoms with E-state index < -0.39 is 0 Å². The summed E-state index contributed by atoms with van der Waals surface area (Å²) in [6.45, 7) is 0.404. The van der Waals surface area contributed by atoms with Crippen LogP contribution in [0, 0.1) is 0 Å². The lowest BCUT2D eigenvalue weighted by molar-refractivity contribution is -0.123. The second kappa shape index (κ2) is 8.19. The molecule has 0 unspecified atom stereocenters. The molecule has 4 nitrogen and oxygen atoms in total. The molecule has 0 atom stereocenters. The molecule has 0 fully saturated rings. The van der Waals surface area contributed by atoms with Gasteiger partial charge in [0, 0.05) is 23.2 Å². The lowest BCUT2D eigenvalue weighted by Crippen LogP contribution is -2.30. The van der Waals surface area contributed by atoms with Gasteiger partial charge in [-0.2, -0.15) is 0 Å². The molecule has 1 heterocycles. The molecule has 0 saturated heterocycles. The summed E-state index contributed by atoms with van der Waals surface area (Å²) in [6, 6.07) is 14.8. The first kappa shape index (κ1) is 17.5. The zero-order chi connectivity index (χ0) is 17.6. The maximum atomic E-state index is 11.9. The molecule has 0 radical (unpaired) electrons. The van der Waals surface area contributed by atoms with Gasteiger partial charge in [0.15, 0.2) is 6.61 Å². The molecule has 128 valence electrons. The summed E-state index contributed by atoms with van der Waals surface area (Å²) < 4.78 is 5.41. The topological polar surface area (TPSA) is 51.2 Å². The lowest BCUT2D eigenvalue weighted by atomic mass is 10.1. The van der Waals surface area contributed by atoms with Crippen LogP contribution < -0.4 is 10.1 Å². The van der Waals surface area contributed by atoms with Crippen molar-refractivity contribution in [2.45, 2.75) is 6.42 Å². The van der Waals surface area contributed by atoms with Crippen LogP contribution in [0.2, 0.25) is 10.0 Å². The van der Waals surface area contributed by atoms with Crippen molar-refractivity contribution in [1.82, 2.24) is 10.3 Å². The van der Waals surface area contributed by atoms with E-state index in [2.05, 4.69) is 10.3 Å². The van der Waals surface area contributed by atoms with Gasteiger partial charge in [-0.25, -0.2) is 0 Å². The van der Waals surface area contributed by atoms with Crippen LogP contribution in [0.25, 0.3) is 10.9 Å². The van der Waals surface area contributed by atoms with Gasteiger partial charge in [-0.15, -0.1) is 0 Å². The number of halogens is 2. The van der Waals surface area contributed by atoms with Crippen LogP contribution >= 0.6 is 23.2 Å². The number of aromatic nitrogens is 1. The van der Waals surface area contributed by atoms with Crippen molar-refractivity contribution in [2.75, 3.05) is 13.2 Å². The molecular formula is C19H16Cl2N2O2. The van der Waals surface area contributed by atoms with Gasteiger partial charge < -0.3 is 10.1 Å². The van der Waals surface area contributed by atoms with E-state index in [0.29, 0.717) is 28.8 Å². The van der Waals surface area contributed by atoms with Crippen LogP contribution in [-0.4, -0.2) is 24.0 Å². The highest BCUT2D eigenvalue weighted by molar-refractivity contribution is 6.35. The number of carbonyl (C=O) groups is 1. The summed E-state index contributed by atoms with van der Waals surface area (Å²) in [4.78, 5) is 16.3. The second-order valence-electron chi connectivity index (χ2n) is 5.46. The number of para-hydroxylation sites is 1. The molecule has 6 heteroatoms.